The van der Waals surface area contributed by atoms with Gasteiger partial charge in [0.2, 0.25) is 0 Å². The van der Waals surface area contributed by atoms with Crippen molar-refractivity contribution in [1.29, 1.82) is 0 Å². The van der Waals surface area contributed by atoms with E-state index in [4.69, 9.17) is 9.47 Å². The van der Waals surface area contributed by atoms with Gasteiger partial charge in [-0.1, -0.05) is 34.6 Å². The van der Waals surface area contributed by atoms with Crippen LogP contribution in [0.1, 0.15) is 34.6 Å². The first-order chi connectivity index (χ1) is 6.91. The lowest BCUT2D eigenvalue weighted by Gasteiger charge is -2.29. The molecule has 4 atom stereocenters. The number of hydrogen-bond donors (Lipinski definition) is 0. The Labute approximate surface area is 93.3 Å². The molecule has 0 aliphatic carbocycles. The zero-order chi connectivity index (χ0) is 11.2. The molecule has 2 rings (SSSR count). The summed E-state index contributed by atoms with van der Waals surface area (Å²) in [6.07, 6.45) is 0.701. The molecule has 88 valence electrons. The summed E-state index contributed by atoms with van der Waals surface area (Å²) in [4.78, 5) is 0. The van der Waals surface area contributed by atoms with Crippen LogP contribution in [0.25, 0.3) is 0 Å². The minimum Gasteiger partial charge on any atom is -0.375 e. The first kappa shape index (κ1) is 11.4. The van der Waals surface area contributed by atoms with Gasteiger partial charge in [0.25, 0.3) is 0 Å². The first-order valence-electron chi connectivity index (χ1n) is 6.14. The highest BCUT2D eigenvalue weighted by molar-refractivity contribution is 4.98. The van der Waals surface area contributed by atoms with Crippen molar-refractivity contribution in [3.05, 3.63) is 0 Å². The Hall–Kier alpha value is -0.0800. The third kappa shape index (κ3) is 1.94. The Kier molecular flexibility index (Phi) is 2.85. The van der Waals surface area contributed by atoms with Crippen LogP contribution in [0.3, 0.4) is 0 Å². The Balaban J connectivity index is 2.09. The molecule has 0 N–H and O–H groups in total. The average Bonchev–Trinajstić information content (AvgIpc) is 2.56. The van der Waals surface area contributed by atoms with E-state index in [1.54, 1.807) is 0 Å². The highest BCUT2D eigenvalue weighted by Crippen LogP contribution is 2.44. The highest BCUT2D eigenvalue weighted by Gasteiger charge is 2.51. The van der Waals surface area contributed by atoms with Gasteiger partial charge in [0, 0.05) is 11.8 Å². The molecule has 2 saturated heterocycles. The monoisotopic (exact) mass is 212 g/mol. The zero-order valence-electron chi connectivity index (χ0n) is 10.6. The molecule has 0 aromatic carbocycles. The molecule has 0 saturated carbocycles. The molecule has 2 nitrogen and oxygen atoms in total. The molecule has 0 unspecified atom stereocenters. The quantitative estimate of drug-likeness (QED) is 0.665. The minimum absolute atomic E-state index is 0.297. The van der Waals surface area contributed by atoms with Crippen LogP contribution < -0.4 is 0 Å². The second kappa shape index (κ2) is 3.74. The van der Waals surface area contributed by atoms with E-state index in [9.17, 15) is 0 Å². The fraction of sp³-hybridized carbons (Fsp3) is 1.00. The SMILES string of the molecule is CC(C)[C@@H]1CO[C@H]2[C@@H]1OC[C@@H]2C(C)(C)C. The minimum atomic E-state index is 0.297. The molecule has 0 aromatic rings. The zero-order valence-corrected chi connectivity index (χ0v) is 10.6. The van der Waals surface area contributed by atoms with Crippen LogP contribution in [0.4, 0.5) is 0 Å². The van der Waals surface area contributed by atoms with Gasteiger partial charge in [-0.2, -0.15) is 0 Å². The third-order valence-electron chi connectivity index (χ3n) is 4.06. The average molecular weight is 212 g/mol. The summed E-state index contributed by atoms with van der Waals surface area (Å²) in [6, 6.07) is 0. The number of rotatable bonds is 1. The van der Waals surface area contributed by atoms with Gasteiger partial charge in [0.05, 0.1) is 25.4 Å². The lowest BCUT2D eigenvalue weighted by Crippen LogP contribution is -2.34. The van der Waals surface area contributed by atoms with Crippen molar-refractivity contribution < 1.29 is 9.47 Å². The van der Waals surface area contributed by atoms with Gasteiger partial charge in [-0.25, -0.2) is 0 Å². The van der Waals surface area contributed by atoms with Crippen LogP contribution in [0.5, 0.6) is 0 Å². The van der Waals surface area contributed by atoms with E-state index in [-0.39, 0.29) is 0 Å². The van der Waals surface area contributed by atoms with Crippen molar-refractivity contribution in [2.75, 3.05) is 13.2 Å². The predicted octanol–water partition coefficient (Wildman–Crippen LogP) is 2.72. The van der Waals surface area contributed by atoms with Crippen molar-refractivity contribution in [2.45, 2.75) is 46.8 Å². The van der Waals surface area contributed by atoms with E-state index < -0.39 is 0 Å². The van der Waals surface area contributed by atoms with Crippen molar-refractivity contribution >= 4 is 0 Å². The Morgan fingerprint density at radius 1 is 1.00 bits per heavy atom. The first-order valence-corrected chi connectivity index (χ1v) is 6.14. The molecule has 0 aromatic heterocycles. The number of hydrogen-bond acceptors (Lipinski definition) is 2. The molecule has 2 heteroatoms. The normalized spacial score (nSPS) is 41.2. The lowest BCUT2D eigenvalue weighted by atomic mass is 9.76. The molecule has 2 heterocycles. The molecule has 0 bridgehead atoms. The van der Waals surface area contributed by atoms with Crippen LogP contribution in [-0.2, 0) is 9.47 Å². The number of ether oxygens (including phenoxy) is 2. The maximum absolute atomic E-state index is 5.96. The maximum Gasteiger partial charge on any atom is 0.0895 e. The van der Waals surface area contributed by atoms with E-state index in [0.29, 0.717) is 35.4 Å². The Morgan fingerprint density at radius 3 is 2.13 bits per heavy atom. The van der Waals surface area contributed by atoms with Gasteiger partial charge in [0.1, 0.15) is 0 Å². The van der Waals surface area contributed by atoms with Gasteiger partial charge in [-0.15, -0.1) is 0 Å². The molecule has 0 radical (unpaired) electrons. The van der Waals surface area contributed by atoms with Crippen LogP contribution in [0.2, 0.25) is 0 Å². The van der Waals surface area contributed by atoms with Gasteiger partial charge in [-0.3, -0.25) is 0 Å². The fourth-order valence-electron chi connectivity index (χ4n) is 2.84. The lowest BCUT2D eigenvalue weighted by molar-refractivity contribution is 0.0322. The van der Waals surface area contributed by atoms with E-state index in [1.165, 1.54) is 0 Å². The maximum atomic E-state index is 5.96. The van der Waals surface area contributed by atoms with Crippen LogP contribution in [0, 0.1) is 23.2 Å². The van der Waals surface area contributed by atoms with Crippen LogP contribution in [-0.4, -0.2) is 25.4 Å². The summed E-state index contributed by atoms with van der Waals surface area (Å²) in [5, 5.41) is 0. The highest BCUT2D eigenvalue weighted by atomic mass is 16.6. The van der Waals surface area contributed by atoms with Crippen LogP contribution in [0.15, 0.2) is 0 Å². The van der Waals surface area contributed by atoms with Gasteiger partial charge in [-0.05, 0) is 11.3 Å². The molecule has 0 amide bonds. The van der Waals surface area contributed by atoms with Gasteiger partial charge < -0.3 is 9.47 Å². The predicted molar refractivity (Wildman–Crippen MR) is 60.8 cm³/mol. The second-order valence-corrected chi connectivity index (χ2v) is 6.48. The summed E-state index contributed by atoms with van der Waals surface area (Å²) >= 11 is 0. The molecule has 2 aliphatic heterocycles. The Morgan fingerprint density at radius 2 is 1.60 bits per heavy atom. The fourth-order valence-corrected chi connectivity index (χ4v) is 2.84. The molecule has 0 spiro atoms. The third-order valence-corrected chi connectivity index (χ3v) is 4.06. The van der Waals surface area contributed by atoms with E-state index >= 15 is 0 Å². The van der Waals surface area contributed by atoms with E-state index in [2.05, 4.69) is 34.6 Å². The van der Waals surface area contributed by atoms with E-state index in [1.807, 2.05) is 0 Å². The van der Waals surface area contributed by atoms with E-state index in [0.717, 1.165) is 13.2 Å². The van der Waals surface area contributed by atoms with Crippen molar-refractivity contribution in [3.8, 4) is 0 Å². The summed E-state index contributed by atoms with van der Waals surface area (Å²) in [6.45, 7) is 13.2. The van der Waals surface area contributed by atoms with Crippen molar-refractivity contribution in [2.24, 2.45) is 23.2 Å². The van der Waals surface area contributed by atoms with Crippen LogP contribution >= 0.6 is 0 Å². The molecule has 2 fully saturated rings. The summed E-state index contributed by atoms with van der Waals surface area (Å²) in [7, 11) is 0. The molecule has 15 heavy (non-hydrogen) atoms. The van der Waals surface area contributed by atoms with Crippen molar-refractivity contribution in [3.63, 3.8) is 0 Å². The Bertz CT molecular complexity index is 229. The van der Waals surface area contributed by atoms with Gasteiger partial charge >= 0.3 is 0 Å². The summed E-state index contributed by atoms with van der Waals surface area (Å²) in [5.74, 6) is 1.83. The summed E-state index contributed by atoms with van der Waals surface area (Å²) in [5.41, 5.74) is 0.297. The second-order valence-electron chi connectivity index (χ2n) is 6.48. The molecule has 2 aliphatic rings. The van der Waals surface area contributed by atoms with Gasteiger partial charge in [0.15, 0.2) is 0 Å². The number of fused-ring (bicyclic) bond motifs is 1. The standard InChI is InChI=1S/C13H24O2/c1-8(2)9-6-14-12-10(13(3,4)5)7-15-11(9)12/h8-12H,6-7H2,1-5H3/t9-,10-,11+,12+/m0/s1. The smallest absolute Gasteiger partial charge is 0.0895 e. The topological polar surface area (TPSA) is 18.5 Å². The molecular weight excluding hydrogens is 188 g/mol. The molecular formula is C13H24O2. The van der Waals surface area contributed by atoms with Crippen molar-refractivity contribution in [1.82, 2.24) is 0 Å². The summed E-state index contributed by atoms with van der Waals surface area (Å²) < 4.78 is 11.9. The largest absolute Gasteiger partial charge is 0.375 e.